The molecule has 0 aromatic carbocycles. The lowest BCUT2D eigenvalue weighted by Gasteiger charge is -1.96. The van der Waals surface area contributed by atoms with E-state index < -0.39 is 0 Å². The summed E-state index contributed by atoms with van der Waals surface area (Å²) in [6.45, 7) is 6.05. The maximum atomic E-state index is 4.29. The minimum Gasteiger partial charge on any atom is -0.304 e. The summed E-state index contributed by atoms with van der Waals surface area (Å²) >= 11 is 0. The number of nitrogens with zero attached hydrogens (tertiary/aromatic N) is 1. The highest BCUT2D eigenvalue weighted by molar-refractivity contribution is 5.94. The molecule has 0 bridgehead atoms. The van der Waals surface area contributed by atoms with E-state index in [9.17, 15) is 0 Å². The van der Waals surface area contributed by atoms with Crippen molar-refractivity contribution >= 4 is 5.84 Å². The topological polar surface area (TPSA) is 36.4 Å². The molecule has 1 aliphatic heterocycles. The molecule has 1 aliphatic rings. The molecule has 3 heteroatoms. The normalized spacial score (nSPS) is 24.4. The Labute approximate surface area is 73.2 Å². The molecule has 0 aliphatic carbocycles. The van der Waals surface area contributed by atoms with Crippen LogP contribution in [-0.4, -0.2) is 12.0 Å². The lowest BCUT2D eigenvalue weighted by Crippen LogP contribution is -2.32. The highest BCUT2D eigenvalue weighted by Crippen LogP contribution is 1.98. The molecular weight excluding hydrogens is 150 g/mol. The summed E-state index contributed by atoms with van der Waals surface area (Å²) in [5.74, 6) is 0.901. The van der Waals surface area contributed by atoms with Gasteiger partial charge in [-0.25, -0.2) is 10.4 Å². The van der Waals surface area contributed by atoms with E-state index in [-0.39, 0.29) is 6.17 Å². The fourth-order valence-corrected chi connectivity index (χ4v) is 1.05. The first-order chi connectivity index (χ1) is 5.72. The summed E-state index contributed by atoms with van der Waals surface area (Å²) in [7, 11) is 0. The van der Waals surface area contributed by atoms with E-state index in [1.165, 1.54) is 5.57 Å². The van der Waals surface area contributed by atoms with Gasteiger partial charge in [-0.05, 0) is 32.4 Å². The van der Waals surface area contributed by atoms with Gasteiger partial charge in [-0.2, -0.15) is 0 Å². The molecule has 12 heavy (non-hydrogen) atoms. The van der Waals surface area contributed by atoms with E-state index >= 15 is 0 Å². The third kappa shape index (κ3) is 2.51. The summed E-state index contributed by atoms with van der Waals surface area (Å²) in [6.07, 6.45) is 6.25. The Balaban J connectivity index is 2.61. The molecule has 2 N–H and O–H groups in total. The zero-order chi connectivity index (χ0) is 8.97. The Morgan fingerprint density at radius 1 is 1.58 bits per heavy atom. The number of nitrogens with one attached hydrogen (secondary N) is 2. The van der Waals surface area contributed by atoms with Crippen LogP contribution < -0.4 is 10.9 Å². The summed E-state index contributed by atoms with van der Waals surface area (Å²) in [5.41, 5.74) is 7.17. The van der Waals surface area contributed by atoms with Crippen molar-refractivity contribution in [3.63, 3.8) is 0 Å². The second kappa shape index (κ2) is 4.07. The van der Waals surface area contributed by atoms with Crippen LogP contribution in [-0.2, 0) is 0 Å². The summed E-state index contributed by atoms with van der Waals surface area (Å²) < 4.78 is 0. The van der Waals surface area contributed by atoms with E-state index in [0.717, 1.165) is 5.84 Å². The van der Waals surface area contributed by atoms with Gasteiger partial charge >= 0.3 is 0 Å². The van der Waals surface area contributed by atoms with E-state index in [4.69, 9.17) is 0 Å². The van der Waals surface area contributed by atoms with Gasteiger partial charge in [0.2, 0.25) is 0 Å². The Morgan fingerprint density at radius 2 is 2.33 bits per heavy atom. The van der Waals surface area contributed by atoms with Crippen molar-refractivity contribution in [2.24, 2.45) is 4.99 Å². The third-order valence-electron chi connectivity index (χ3n) is 1.54. The molecule has 1 atom stereocenters. The van der Waals surface area contributed by atoms with Crippen LogP contribution in [0.25, 0.3) is 0 Å². The van der Waals surface area contributed by atoms with Gasteiger partial charge in [0.1, 0.15) is 12.0 Å². The van der Waals surface area contributed by atoms with E-state index in [0.29, 0.717) is 0 Å². The fourth-order valence-electron chi connectivity index (χ4n) is 1.05. The number of aliphatic imine (C=N–C) groups is 1. The zero-order valence-electron chi connectivity index (χ0n) is 7.76. The molecule has 1 rings (SSSR count). The average molecular weight is 165 g/mol. The van der Waals surface area contributed by atoms with Crippen LogP contribution in [0, 0.1) is 0 Å². The first kappa shape index (κ1) is 9.00. The Bertz CT molecular complexity index is 238. The van der Waals surface area contributed by atoms with Gasteiger partial charge in [0.25, 0.3) is 0 Å². The minimum atomic E-state index is 0.176. The second-order valence-corrected chi connectivity index (χ2v) is 2.85. The van der Waals surface area contributed by atoms with Crippen LogP contribution in [0.4, 0.5) is 0 Å². The average Bonchev–Trinajstić information content (AvgIpc) is 2.36. The van der Waals surface area contributed by atoms with Crippen molar-refractivity contribution in [3.05, 3.63) is 23.8 Å². The fraction of sp³-hybridized carbons (Fsp3) is 0.444. The largest absolute Gasteiger partial charge is 0.304 e. The minimum absolute atomic E-state index is 0.176. The number of hydrogen-bond donors (Lipinski definition) is 2. The Morgan fingerprint density at radius 3 is 2.83 bits per heavy atom. The molecule has 0 saturated heterocycles. The summed E-state index contributed by atoms with van der Waals surface area (Å²) in [5, 5.41) is 0. The molecule has 0 amide bonds. The van der Waals surface area contributed by atoms with Gasteiger partial charge in [0.05, 0.1) is 0 Å². The van der Waals surface area contributed by atoms with Crippen LogP contribution in [0.5, 0.6) is 0 Å². The van der Waals surface area contributed by atoms with Crippen molar-refractivity contribution in [2.45, 2.75) is 26.9 Å². The number of allylic oxidation sites excluding steroid dienone is 3. The van der Waals surface area contributed by atoms with E-state index in [1.807, 2.05) is 39.0 Å². The predicted octanol–water partition coefficient (Wildman–Crippen LogP) is 1.36. The van der Waals surface area contributed by atoms with Gasteiger partial charge in [0.15, 0.2) is 0 Å². The molecule has 0 fully saturated rings. The maximum Gasteiger partial charge on any atom is 0.137 e. The molecule has 0 aromatic heterocycles. The van der Waals surface area contributed by atoms with Gasteiger partial charge in [-0.1, -0.05) is 12.2 Å². The Kier molecular flexibility index (Phi) is 3.05. The predicted molar refractivity (Wildman–Crippen MR) is 51.7 cm³/mol. The summed E-state index contributed by atoms with van der Waals surface area (Å²) in [4.78, 5) is 4.29. The van der Waals surface area contributed by atoms with Crippen molar-refractivity contribution < 1.29 is 0 Å². The number of amidine groups is 1. The second-order valence-electron chi connectivity index (χ2n) is 2.85. The molecule has 1 unspecified atom stereocenters. The first-order valence-electron chi connectivity index (χ1n) is 4.12. The van der Waals surface area contributed by atoms with Crippen molar-refractivity contribution in [1.82, 2.24) is 10.9 Å². The van der Waals surface area contributed by atoms with Gasteiger partial charge < -0.3 is 5.43 Å². The van der Waals surface area contributed by atoms with Crippen LogP contribution in [0.3, 0.4) is 0 Å². The smallest absolute Gasteiger partial charge is 0.137 e. The molecule has 0 spiro atoms. The number of hydrogen-bond acceptors (Lipinski definition) is 3. The Hall–Kier alpha value is -1.09. The molecule has 66 valence electrons. The van der Waals surface area contributed by atoms with E-state index in [2.05, 4.69) is 15.8 Å². The standard InChI is InChI=1S/C9H15N3/c1-4-5-7(2)6-9-10-8(3)11-12-9/h4-6,8,11H,1-3H3,(H,10,12)/b5-4-,7-6-. The van der Waals surface area contributed by atoms with Crippen LogP contribution in [0.2, 0.25) is 0 Å². The van der Waals surface area contributed by atoms with Crippen LogP contribution in [0.15, 0.2) is 28.8 Å². The molecule has 1 heterocycles. The van der Waals surface area contributed by atoms with Gasteiger partial charge in [0, 0.05) is 0 Å². The highest BCUT2D eigenvalue weighted by atomic mass is 15.5. The molecule has 0 saturated carbocycles. The third-order valence-corrected chi connectivity index (χ3v) is 1.54. The number of rotatable bonds is 2. The van der Waals surface area contributed by atoms with Gasteiger partial charge in [-0.15, -0.1) is 0 Å². The molecule has 3 nitrogen and oxygen atoms in total. The number of hydrazine groups is 1. The molecule has 0 aromatic rings. The summed E-state index contributed by atoms with van der Waals surface area (Å²) in [6, 6.07) is 0. The van der Waals surface area contributed by atoms with Crippen LogP contribution in [0.1, 0.15) is 20.8 Å². The van der Waals surface area contributed by atoms with Gasteiger partial charge in [-0.3, -0.25) is 0 Å². The maximum absolute atomic E-state index is 4.29. The first-order valence-corrected chi connectivity index (χ1v) is 4.12. The molecule has 0 radical (unpaired) electrons. The van der Waals surface area contributed by atoms with E-state index in [1.54, 1.807) is 0 Å². The molecular formula is C9H15N3. The monoisotopic (exact) mass is 165 g/mol. The lowest BCUT2D eigenvalue weighted by atomic mass is 10.2. The highest BCUT2D eigenvalue weighted by Gasteiger charge is 2.07. The van der Waals surface area contributed by atoms with Crippen molar-refractivity contribution in [1.29, 1.82) is 0 Å². The lowest BCUT2D eigenvalue weighted by molar-refractivity contribution is 0.589. The van der Waals surface area contributed by atoms with Crippen molar-refractivity contribution in [3.8, 4) is 0 Å². The van der Waals surface area contributed by atoms with Crippen molar-refractivity contribution in [2.75, 3.05) is 0 Å². The van der Waals surface area contributed by atoms with Crippen LogP contribution >= 0.6 is 0 Å². The quantitative estimate of drug-likeness (QED) is 0.606. The zero-order valence-corrected chi connectivity index (χ0v) is 7.76. The SMILES string of the molecule is C/C=C\C(C)=C/C1=NC(C)NN1.